The van der Waals surface area contributed by atoms with E-state index in [4.69, 9.17) is 0 Å². The molecule has 0 spiro atoms. The van der Waals surface area contributed by atoms with Gasteiger partial charge in [-0.3, -0.25) is 0 Å². The lowest BCUT2D eigenvalue weighted by molar-refractivity contribution is -0.190. The van der Waals surface area contributed by atoms with Gasteiger partial charge < -0.3 is 4.90 Å². The SMILES string of the molecule is CC(C)(C#Cc1cccc(N(CC(F)F)c2nc3nnc(F)n3c3ccccc23)c1)C(F)(F)F. The Bertz CT molecular complexity index is 1410. The van der Waals surface area contributed by atoms with Crippen LogP contribution in [0.2, 0.25) is 0 Å². The van der Waals surface area contributed by atoms with E-state index in [1.165, 1.54) is 29.2 Å². The quantitative estimate of drug-likeness (QED) is 0.277. The first-order valence-electron chi connectivity index (χ1n) is 10.0. The molecule has 176 valence electrons. The van der Waals surface area contributed by atoms with Crippen LogP contribution in [0, 0.1) is 23.3 Å². The van der Waals surface area contributed by atoms with E-state index in [9.17, 15) is 26.3 Å². The molecule has 11 heteroatoms. The minimum Gasteiger partial charge on any atom is -0.320 e. The molecule has 4 rings (SSSR count). The van der Waals surface area contributed by atoms with E-state index in [1.807, 2.05) is 0 Å². The molecular formula is C23H17F6N5. The highest BCUT2D eigenvalue weighted by Gasteiger charge is 2.46. The number of hydrogen-bond donors (Lipinski definition) is 0. The Morgan fingerprint density at radius 1 is 1.03 bits per heavy atom. The fourth-order valence-electron chi connectivity index (χ4n) is 3.26. The van der Waals surface area contributed by atoms with E-state index in [0.29, 0.717) is 10.9 Å². The van der Waals surface area contributed by atoms with Gasteiger partial charge in [0, 0.05) is 16.6 Å². The van der Waals surface area contributed by atoms with Crippen molar-refractivity contribution in [3.8, 4) is 11.8 Å². The molecule has 0 fully saturated rings. The van der Waals surface area contributed by atoms with Crippen molar-refractivity contribution < 1.29 is 26.3 Å². The predicted octanol–water partition coefficient (Wildman–Crippen LogP) is 5.76. The van der Waals surface area contributed by atoms with Gasteiger partial charge in [0.1, 0.15) is 11.2 Å². The third kappa shape index (κ3) is 4.35. The van der Waals surface area contributed by atoms with Crippen LogP contribution in [0.4, 0.5) is 37.8 Å². The molecule has 0 unspecified atom stereocenters. The van der Waals surface area contributed by atoms with E-state index in [1.54, 1.807) is 24.3 Å². The third-order valence-electron chi connectivity index (χ3n) is 5.16. The summed E-state index contributed by atoms with van der Waals surface area (Å²) in [6.07, 6.45) is -8.23. The number of aromatic nitrogens is 4. The summed E-state index contributed by atoms with van der Waals surface area (Å²) in [6, 6.07) is 12.3. The van der Waals surface area contributed by atoms with E-state index in [2.05, 4.69) is 27.0 Å². The molecule has 2 aromatic carbocycles. The number of fused-ring (bicyclic) bond motifs is 3. The molecule has 0 radical (unpaired) electrons. The molecule has 0 aliphatic heterocycles. The molecule has 0 aliphatic rings. The normalized spacial score (nSPS) is 12.3. The minimum absolute atomic E-state index is 0.0662. The Hall–Kier alpha value is -3.81. The number of alkyl halides is 5. The van der Waals surface area contributed by atoms with Gasteiger partial charge in [-0.25, -0.2) is 13.2 Å². The van der Waals surface area contributed by atoms with Crippen LogP contribution in [0.15, 0.2) is 48.5 Å². The van der Waals surface area contributed by atoms with Crippen molar-refractivity contribution in [3.05, 3.63) is 60.2 Å². The molecule has 5 nitrogen and oxygen atoms in total. The summed E-state index contributed by atoms with van der Waals surface area (Å²) in [5.41, 5.74) is -1.52. The lowest BCUT2D eigenvalue weighted by atomic mass is 9.93. The summed E-state index contributed by atoms with van der Waals surface area (Å²) in [5.74, 6) is 4.61. The fourth-order valence-corrected chi connectivity index (χ4v) is 3.26. The summed E-state index contributed by atoms with van der Waals surface area (Å²) in [7, 11) is 0. The summed E-state index contributed by atoms with van der Waals surface area (Å²) in [4.78, 5) is 5.45. The first-order valence-corrected chi connectivity index (χ1v) is 10.0. The Balaban J connectivity index is 1.87. The predicted molar refractivity (Wildman–Crippen MR) is 114 cm³/mol. The van der Waals surface area contributed by atoms with Crippen molar-refractivity contribution in [2.24, 2.45) is 5.41 Å². The van der Waals surface area contributed by atoms with E-state index in [0.717, 1.165) is 18.2 Å². The van der Waals surface area contributed by atoms with Crippen LogP contribution >= 0.6 is 0 Å². The number of nitrogens with zero attached hydrogens (tertiary/aromatic N) is 5. The zero-order valence-corrected chi connectivity index (χ0v) is 17.9. The summed E-state index contributed by atoms with van der Waals surface area (Å²) in [6.45, 7) is 1.13. The van der Waals surface area contributed by atoms with Gasteiger partial charge in [-0.1, -0.05) is 35.1 Å². The number of para-hydroxylation sites is 1. The monoisotopic (exact) mass is 477 g/mol. The van der Waals surface area contributed by atoms with Crippen LogP contribution in [0.5, 0.6) is 0 Å². The van der Waals surface area contributed by atoms with Gasteiger partial charge in [-0.05, 0) is 44.2 Å². The fraction of sp³-hybridized carbons (Fsp3) is 0.261. The van der Waals surface area contributed by atoms with Crippen LogP contribution in [0.3, 0.4) is 0 Å². The Morgan fingerprint density at radius 3 is 2.47 bits per heavy atom. The van der Waals surface area contributed by atoms with Crippen molar-refractivity contribution in [3.63, 3.8) is 0 Å². The highest BCUT2D eigenvalue weighted by molar-refractivity contribution is 5.93. The third-order valence-corrected chi connectivity index (χ3v) is 5.16. The smallest absolute Gasteiger partial charge is 0.320 e. The van der Waals surface area contributed by atoms with Crippen LogP contribution in [0.1, 0.15) is 19.4 Å². The number of benzene rings is 2. The van der Waals surface area contributed by atoms with Crippen LogP contribution < -0.4 is 4.90 Å². The minimum atomic E-state index is -4.54. The van der Waals surface area contributed by atoms with Gasteiger partial charge in [0.05, 0.1) is 12.1 Å². The van der Waals surface area contributed by atoms with Crippen LogP contribution in [-0.2, 0) is 0 Å². The number of halogens is 6. The molecule has 4 aromatic rings. The van der Waals surface area contributed by atoms with Crippen molar-refractivity contribution in [2.75, 3.05) is 11.4 Å². The van der Waals surface area contributed by atoms with Crippen molar-refractivity contribution in [1.82, 2.24) is 19.6 Å². The molecule has 0 amide bonds. The van der Waals surface area contributed by atoms with Crippen molar-refractivity contribution >= 4 is 28.2 Å². The molecular weight excluding hydrogens is 460 g/mol. The van der Waals surface area contributed by atoms with E-state index >= 15 is 0 Å². The van der Waals surface area contributed by atoms with Gasteiger partial charge in [0.25, 0.3) is 12.2 Å². The van der Waals surface area contributed by atoms with Gasteiger partial charge in [0.15, 0.2) is 0 Å². The number of anilines is 2. The average molecular weight is 477 g/mol. The second kappa shape index (κ2) is 8.52. The lowest BCUT2D eigenvalue weighted by Crippen LogP contribution is -2.30. The van der Waals surface area contributed by atoms with E-state index < -0.39 is 30.6 Å². The highest BCUT2D eigenvalue weighted by Crippen LogP contribution is 2.37. The first-order chi connectivity index (χ1) is 16.0. The molecule has 0 saturated carbocycles. The average Bonchev–Trinajstić information content (AvgIpc) is 3.16. The summed E-state index contributed by atoms with van der Waals surface area (Å²) < 4.78 is 81.9. The van der Waals surface area contributed by atoms with Crippen LogP contribution in [0.25, 0.3) is 16.7 Å². The van der Waals surface area contributed by atoms with Crippen molar-refractivity contribution in [2.45, 2.75) is 26.4 Å². The Morgan fingerprint density at radius 2 is 1.76 bits per heavy atom. The maximum Gasteiger partial charge on any atom is 0.404 e. The number of rotatable bonds is 4. The Kier molecular flexibility index (Phi) is 5.85. The van der Waals surface area contributed by atoms with Crippen molar-refractivity contribution in [1.29, 1.82) is 0 Å². The van der Waals surface area contributed by atoms with Crippen LogP contribution in [-0.4, -0.2) is 38.7 Å². The molecule has 2 aromatic heterocycles. The maximum atomic E-state index is 14.2. The zero-order valence-electron chi connectivity index (χ0n) is 17.9. The summed E-state index contributed by atoms with van der Waals surface area (Å²) >= 11 is 0. The van der Waals surface area contributed by atoms with Gasteiger partial charge in [-0.2, -0.15) is 22.5 Å². The highest BCUT2D eigenvalue weighted by atomic mass is 19.4. The zero-order chi connectivity index (χ0) is 24.7. The van der Waals surface area contributed by atoms with Gasteiger partial charge in [-0.15, -0.1) is 5.10 Å². The largest absolute Gasteiger partial charge is 0.404 e. The molecule has 0 aliphatic carbocycles. The molecule has 0 N–H and O–H groups in total. The number of hydrogen-bond acceptors (Lipinski definition) is 4. The second-order valence-electron chi connectivity index (χ2n) is 7.98. The summed E-state index contributed by atoms with van der Waals surface area (Å²) in [5, 5.41) is 7.38. The standard InChI is InChI=1S/C23H17F6N5/c1-22(2,23(27,28)29)11-10-14-6-5-7-15(12-14)33(13-18(24)25)19-16-8-3-4-9-17(16)34-20(26)31-32-21(34)30-19/h3-9,12,18H,13H2,1-2H3. The van der Waals surface area contributed by atoms with Gasteiger partial charge in [0.2, 0.25) is 0 Å². The molecule has 2 heterocycles. The molecule has 0 bridgehead atoms. The topological polar surface area (TPSA) is 46.3 Å². The first kappa shape index (κ1) is 23.4. The maximum absolute atomic E-state index is 14.2. The Labute approximate surface area is 190 Å². The molecule has 0 atom stereocenters. The molecule has 0 saturated heterocycles. The molecule has 34 heavy (non-hydrogen) atoms. The second-order valence-corrected chi connectivity index (χ2v) is 7.98. The lowest BCUT2D eigenvalue weighted by Gasteiger charge is -2.25. The van der Waals surface area contributed by atoms with E-state index in [-0.39, 0.29) is 22.8 Å². The van der Waals surface area contributed by atoms with Gasteiger partial charge >= 0.3 is 12.3 Å².